The standard InChI is InChI=1S/C15H20N2O3/c1-2-4-13(15(19)20)17-14(18)11-6-7-12-10(9-11)5-3-8-16-12/h6-7,9,13,16H,2-5,8H2,1H3,(H,17,18)(H,19,20)/t13-/m0/s1. The molecular weight excluding hydrogens is 256 g/mol. The third-order valence-electron chi connectivity index (χ3n) is 3.49. The minimum Gasteiger partial charge on any atom is -0.480 e. The molecular formula is C15H20N2O3. The number of nitrogens with one attached hydrogen (secondary N) is 2. The van der Waals surface area contributed by atoms with Crippen molar-refractivity contribution in [2.75, 3.05) is 11.9 Å². The summed E-state index contributed by atoms with van der Waals surface area (Å²) in [4.78, 5) is 23.2. The smallest absolute Gasteiger partial charge is 0.326 e. The highest BCUT2D eigenvalue weighted by atomic mass is 16.4. The first-order valence-electron chi connectivity index (χ1n) is 7.02. The van der Waals surface area contributed by atoms with E-state index < -0.39 is 12.0 Å². The van der Waals surface area contributed by atoms with E-state index in [9.17, 15) is 9.59 Å². The van der Waals surface area contributed by atoms with Crippen molar-refractivity contribution in [2.24, 2.45) is 0 Å². The number of anilines is 1. The zero-order chi connectivity index (χ0) is 14.5. The molecule has 20 heavy (non-hydrogen) atoms. The van der Waals surface area contributed by atoms with Gasteiger partial charge >= 0.3 is 5.97 Å². The number of carboxylic acid groups (broad SMARTS) is 1. The van der Waals surface area contributed by atoms with Crippen LogP contribution in [0.25, 0.3) is 0 Å². The van der Waals surface area contributed by atoms with Crippen LogP contribution in [-0.2, 0) is 11.2 Å². The van der Waals surface area contributed by atoms with Gasteiger partial charge in [-0.2, -0.15) is 0 Å². The normalized spacial score (nSPS) is 14.8. The molecule has 0 spiro atoms. The van der Waals surface area contributed by atoms with Gasteiger partial charge in [0.25, 0.3) is 5.91 Å². The second-order valence-electron chi connectivity index (χ2n) is 5.06. The molecule has 5 heteroatoms. The molecule has 3 N–H and O–H groups in total. The Bertz CT molecular complexity index is 514. The average Bonchev–Trinajstić information content (AvgIpc) is 2.46. The van der Waals surface area contributed by atoms with Crippen LogP contribution in [0.4, 0.5) is 5.69 Å². The largest absolute Gasteiger partial charge is 0.480 e. The summed E-state index contributed by atoms with van der Waals surface area (Å²) in [7, 11) is 0. The van der Waals surface area contributed by atoms with Crippen molar-refractivity contribution < 1.29 is 14.7 Å². The zero-order valence-corrected chi connectivity index (χ0v) is 11.6. The molecule has 1 aliphatic heterocycles. The summed E-state index contributed by atoms with van der Waals surface area (Å²) in [6, 6.07) is 4.65. The van der Waals surface area contributed by atoms with E-state index >= 15 is 0 Å². The Balaban J connectivity index is 2.10. The molecule has 0 bridgehead atoms. The van der Waals surface area contributed by atoms with Gasteiger partial charge in [-0.05, 0) is 43.0 Å². The molecule has 1 heterocycles. The predicted molar refractivity (Wildman–Crippen MR) is 77.1 cm³/mol. The fraction of sp³-hybridized carbons (Fsp3) is 0.467. The van der Waals surface area contributed by atoms with E-state index in [0.29, 0.717) is 18.4 Å². The Morgan fingerprint density at radius 3 is 2.95 bits per heavy atom. The van der Waals surface area contributed by atoms with Gasteiger partial charge < -0.3 is 15.7 Å². The molecule has 1 amide bonds. The molecule has 1 aromatic carbocycles. The Kier molecular flexibility index (Phi) is 4.61. The molecule has 0 fully saturated rings. The lowest BCUT2D eigenvalue weighted by Crippen LogP contribution is -2.40. The summed E-state index contributed by atoms with van der Waals surface area (Å²) < 4.78 is 0. The van der Waals surface area contributed by atoms with Gasteiger partial charge in [-0.1, -0.05) is 13.3 Å². The van der Waals surface area contributed by atoms with E-state index in [-0.39, 0.29) is 5.91 Å². The van der Waals surface area contributed by atoms with Crippen molar-refractivity contribution in [2.45, 2.75) is 38.6 Å². The molecule has 1 atom stereocenters. The second-order valence-corrected chi connectivity index (χ2v) is 5.06. The molecule has 108 valence electrons. The number of amides is 1. The lowest BCUT2D eigenvalue weighted by atomic mass is 10.0. The quantitative estimate of drug-likeness (QED) is 0.769. The van der Waals surface area contributed by atoms with E-state index in [1.807, 2.05) is 19.1 Å². The van der Waals surface area contributed by atoms with Crippen molar-refractivity contribution in [3.05, 3.63) is 29.3 Å². The van der Waals surface area contributed by atoms with Crippen LogP contribution in [0.3, 0.4) is 0 Å². The first kappa shape index (κ1) is 14.4. The molecule has 0 saturated carbocycles. The molecule has 1 aromatic rings. The third-order valence-corrected chi connectivity index (χ3v) is 3.49. The summed E-state index contributed by atoms with van der Waals surface area (Å²) in [5.41, 5.74) is 2.71. The number of aliphatic carboxylic acids is 1. The van der Waals surface area contributed by atoms with E-state index in [4.69, 9.17) is 5.11 Å². The molecule has 0 radical (unpaired) electrons. The van der Waals surface area contributed by atoms with Gasteiger partial charge in [0.1, 0.15) is 6.04 Å². The van der Waals surface area contributed by atoms with Crippen molar-refractivity contribution in [3.63, 3.8) is 0 Å². The fourth-order valence-corrected chi connectivity index (χ4v) is 2.40. The number of carboxylic acids is 1. The van der Waals surface area contributed by atoms with Crippen molar-refractivity contribution in [1.29, 1.82) is 0 Å². The highest BCUT2D eigenvalue weighted by molar-refractivity contribution is 5.97. The maximum absolute atomic E-state index is 12.1. The summed E-state index contributed by atoms with van der Waals surface area (Å²) in [6.07, 6.45) is 3.14. The topological polar surface area (TPSA) is 78.4 Å². The summed E-state index contributed by atoms with van der Waals surface area (Å²) in [5, 5.41) is 14.9. The van der Waals surface area contributed by atoms with Gasteiger partial charge in [0.2, 0.25) is 0 Å². The van der Waals surface area contributed by atoms with Gasteiger partial charge in [0.05, 0.1) is 0 Å². The van der Waals surface area contributed by atoms with Crippen LogP contribution in [-0.4, -0.2) is 29.6 Å². The highest BCUT2D eigenvalue weighted by Gasteiger charge is 2.20. The maximum atomic E-state index is 12.1. The number of carbonyl (C=O) groups excluding carboxylic acids is 1. The summed E-state index contributed by atoms with van der Waals surface area (Å²) >= 11 is 0. The lowest BCUT2D eigenvalue weighted by molar-refractivity contribution is -0.139. The van der Waals surface area contributed by atoms with E-state index in [1.165, 1.54) is 0 Å². The predicted octanol–water partition coefficient (Wildman–Crippen LogP) is 2.03. The van der Waals surface area contributed by atoms with Crippen LogP contribution in [0.5, 0.6) is 0 Å². The molecule has 5 nitrogen and oxygen atoms in total. The number of fused-ring (bicyclic) bond motifs is 1. The molecule has 0 saturated heterocycles. The number of rotatable bonds is 5. The van der Waals surface area contributed by atoms with Crippen molar-refractivity contribution in [1.82, 2.24) is 5.32 Å². The fourth-order valence-electron chi connectivity index (χ4n) is 2.40. The van der Waals surface area contributed by atoms with Crippen molar-refractivity contribution in [3.8, 4) is 0 Å². The summed E-state index contributed by atoms with van der Waals surface area (Å²) in [6.45, 7) is 2.85. The third kappa shape index (κ3) is 3.29. The van der Waals surface area contributed by atoms with Crippen LogP contribution in [0.1, 0.15) is 42.1 Å². The highest BCUT2D eigenvalue weighted by Crippen LogP contribution is 2.22. The van der Waals surface area contributed by atoms with Crippen molar-refractivity contribution >= 4 is 17.6 Å². The van der Waals surface area contributed by atoms with E-state index in [2.05, 4.69) is 10.6 Å². The van der Waals surface area contributed by atoms with Crippen LogP contribution < -0.4 is 10.6 Å². The van der Waals surface area contributed by atoms with Gasteiger partial charge in [-0.25, -0.2) is 4.79 Å². The minimum absolute atomic E-state index is 0.320. The van der Waals surface area contributed by atoms with Crippen LogP contribution >= 0.6 is 0 Å². The van der Waals surface area contributed by atoms with Gasteiger partial charge in [-0.15, -0.1) is 0 Å². The lowest BCUT2D eigenvalue weighted by Gasteiger charge is -2.19. The van der Waals surface area contributed by atoms with E-state index in [1.54, 1.807) is 6.07 Å². The van der Waals surface area contributed by atoms with Crippen LogP contribution in [0.15, 0.2) is 18.2 Å². The molecule has 2 rings (SSSR count). The number of carbonyl (C=O) groups is 2. The number of benzene rings is 1. The maximum Gasteiger partial charge on any atom is 0.326 e. The molecule has 0 aliphatic carbocycles. The monoisotopic (exact) mass is 276 g/mol. The summed E-state index contributed by atoms with van der Waals surface area (Å²) in [5.74, 6) is -1.31. The Hall–Kier alpha value is -2.04. The zero-order valence-electron chi connectivity index (χ0n) is 11.6. The molecule has 0 aromatic heterocycles. The van der Waals surface area contributed by atoms with Gasteiger partial charge in [-0.3, -0.25) is 4.79 Å². The Morgan fingerprint density at radius 1 is 1.45 bits per heavy atom. The first-order valence-corrected chi connectivity index (χ1v) is 7.02. The molecule has 0 unspecified atom stereocenters. The van der Waals surface area contributed by atoms with Crippen LogP contribution in [0.2, 0.25) is 0 Å². The first-order chi connectivity index (χ1) is 9.61. The Morgan fingerprint density at radius 2 is 2.25 bits per heavy atom. The Labute approximate surface area is 118 Å². The SMILES string of the molecule is CCC[C@H](NC(=O)c1ccc2c(c1)CCCN2)C(=O)O. The number of hydrogen-bond donors (Lipinski definition) is 3. The number of aryl methyl sites for hydroxylation is 1. The van der Waals surface area contributed by atoms with E-state index in [0.717, 1.165) is 30.6 Å². The second kappa shape index (κ2) is 6.41. The van der Waals surface area contributed by atoms with Crippen LogP contribution in [0, 0.1) is 0 Å². The average molecular weight is 276 g/mol. The number of hydrogen-bond acceptors (Lipinski definition) is 3. The minimum atomic E-state index is -0.986. The van der Waals surface area contributed by atoms with Gasteiger partial charge in [0, 0.05) is 17.8 Å². The molecule has 1 aliphatic rings. The van der Waals surface area contributed by atoms with Gasteiger partial charge in [0.15, 0.2) is 0 Å².